The lowest BCUT2D eigenvalue weighted by Crippen LogP contribution is -2.11. The van der Waals surface area contributed by atoms with E-state index in [1.807, 2.05) is 12.1 Å². The average molecular weight is 281 g/mol. The van der Waals surface area contributed by atoms with Crippen molar-refractivity contribution in [3.05, 3.63) is 59.9 Å². The van der Waals surface area contributed by atoms with Gasteiger partial charge in [-0.1, -0.05) is 45.0 Å². The van der Waals surface area contributed by atoms with Gasteiger partial charge in [0.05, 0.1) is 0 Å². The van der Waals surface area contributed by atoms with E-state index >= 15 is 0 Å². The Hall–Kier alpha value is -2.49. The van der Waals surface area contributed by atoms with E-state index < -0.39 is 0 Å². The first-order valence-corrected chi connectivity index (χ1v) is 6.82. The maximum absolute atomic E-state index is 11.7. The Labute approximate surface area is 125 Å². The van der Waals surface area contributed by atoms with Gasteiger partial charge in [0.15, 0.2) is 0 Å². The summed E-state index contributed by atoms with van der Waals surface area (Å²) in [5, 5.41) is 2.60. The highest BCUT2D eigenvalue weighted by molar-refractivity contribution is 6.00. The molecule has 4 heteroatoms. The van der Waals surface area contributed by atoms with E-state index in [0.29, 0.717) is 5.95 Å². The Morgan fingerprint density at radius 3 is 2.29 bits per heavy atom. The fourth-order valence-corrected chi connectivity index (χ4v) is 1.78. The monoisotopic (exact) mass is 281 g/mol. The van der Waals surface area contributed by atoms with Crippen LogP contribution in [0.4, 0.5) is 5.95 Å². The minimum atomic E-state index is -0.249. The van der Waals surface area contributed by atoms with Gasteiger partial charge in [-0.3, -0.25) is 10.1 Å². The molecule has 4 nitrogen and oxygen atoms in total. The minimum absolute atomic E-state index is 0.129. The predicted molar refractivity (Wildman–Crippen MR) is 84.8 cm³/mol. The van der Waals surface area contributed by atoms with Crippen molar-refractivity contribution in [3.8, 4) is 0 Å². The molecule has 0 atom stereocenters. The van der Waals surface area contributed by atoms with Gasteiger partial charge in [-0.2, -0.15) is 0 Å². The molecule has 0 saturated heterocycles. The molecule has 1 amide bonds. The topological polar surface area (TPSA) is 54.9 Å². The lowest BCUT2D eigenvalue weighted by Gasteiger charge is -2.18. The summed E-state index contributed by atoms with van der Waals surface area (Å²) in [5.74, 6) is 0.0522. The van der Waals surface area contributed by atoms with Crippen LogP contribution in [-0.2, 0) is 10.2 Å². The molecule has 1 aromatic carbocycles. The summed E-state index contributed by atoms with van der Waals surface area (Å²) >= 11 is 0. The SMILES string of the molecule is CC(C)(C)c1ccc(C=CC(=O)Nc2ncccn2)cc1. The van der Waals surface area contributed by atoms with Crippen molar-refractivity contribution < 1.29 is 4.79 Å². The zero-order valence-electron chi connectivity index (χ0n) is 12.5. The summed E-state index contributed by atoms with van der Waals surface area (Å²) in [5.41, 5.74) is 2.37. The smallest absolute Gasteiger partial charge is 0.250 e. The van der Waals surface area contributed by atoms with Crippen LogP contribution in [-0.4, -0.2) is 15.9 Å². The van der Waals surface area contributed by atoms with Crippen molar-refractivity contribution in [2.45, 2.75) is 26.2 Å². The van der Waals surface area contributed by atoms with Crippen LogP contribution in [0.5, 0.6) is 0 Å². The molecule has 0 fully saturated rings. The van der Waals surface area contributed by atoms with Crippen molar-refractivity contribution >= 4 is 17.9 Å². The van der Waals surface area contributed by atoms with Gasteiger partial charge in [-0.05, 0) is 28.7 Å². The van der Waals surface area contributed by atoms with Crippen LogP contribution in [0.1, 0.15) is 31.9 Å². The molecular weight excluding hydrogens is 262 g/mol. The number of nitrogens with one attached hydrogen (secondary N) is 1. The Balaban J connectivity index is 1.99. The number of anilines is 1. The third kappa shape index (κ3) is 4.53. The molecule has 21 heavy (non-hydrogen) atoms. The summed E-state index contributed by atoms with van der Waals surface area (Å²) in [6, 6.07) is 9.87. The summed E-state index contributed by atoms with van der Waals surface area (Å²) < 4.78 is 0. The van der Waals surface area contributed by atoms with Gasteiger partial charge >= 0.3 is 0 Å². The van der Waals surface area contributed by atoms with Crippen LogP contribution >= 0.6 is 0 Å². The van der Waals surface area contributed by atoms with E-state index in [1.54, 1.807) is 24.5 Å². The average Bonchev–Trinajstić information content (AvgIpc) is 2.46. The lowest BCUT2D eigenvalue weighted by molar-refractivity contribution is -0.111. The molecule has 0 radical (unpaired) electrons. The summed E-state index contributed by atoms with van der Waals surface area (Å²) in [6.45, 7) is 6.52. The second kappa shape index (κ2) is 6.31. The standard InChI is InChI=1S/C17H19N3O/c1-17(2,3)14-8-5-13(6-9-14)7-10-15(21)20-16-18-11-4-12-19-16/h4-12H,1-3H3,(H,18,19,20,21). The second-order valence-electron chi connectivity index (χ2n) is 5.77. The number of amides is 1. The molecule has 1 heterocycles. The highest BCUT2D eigenvalue weighted by Crippen LogP contribution is 2.22. The number of hydrogen-bond donors (Lipinski definition) is 1. The number of rotatable bonds is 3. The summed E-state index contributed by atoms with van der Waals surface area (Å²) in [6.07, 6.45) is 6.41. The third-order valence-corrected chi connectivity index (χ3v) is 3.00. The normalized spacial score (nSPS) is 11.6. The molecular formula is C17H19N3O. The van der Waals surface area contributed by atoms with Crippen LogP contribution < -0.4 is 5.32 Å². The summed E-state index contributed by atoms with van der Waals surface area (Å²) in [4.78, 5) is 19.6. The number of carbonyl (C=O) groups excluding carboxylic acids is 1. The highest BCUT2D eigenvalue weighted by Gasteiger charge is 2.12. The van der Waals surface area contributed by atoms with Gasteiger partial charge in [0.25, 0.3) is 5.91 Å². The van der Waals surface area contributed by atoms with Crippen molar-refractivity contribution in [2.75, 3.05) is 5.32 Å². The lowest BCUT2D eigenvalue weighted by atomic mass is 9.87. The fraction of sp³-hybridized carbons (Fsp3) is 0.235. The van der Waals surface area contributed by atoms with Gasteiger partial charge in [0.1, 0.15) is 0 Å². The van der Waals surface area contributed by atoms with E-state index in [1.165, 1.54) is 11.6 Å². The molecule has 1 N–H and O–H groups in total. The maximum atomic E-state index is 11.7. The van der Waals surface area contributed by atoms with Crippen LogP contribution in [0.3, 0.4) is 0 Å². The first kappa shape index (κ1) is 14.9. The predicted octanol–water partition coefficient (Wildman–Crippen LogP) is 3.43. The fourth-order valence-electron chi connectivity index (χ4n) is 1.78. The second-order valence-corrected chi connectivity index (χ2v) is 5.77. The van der Waals surface area contributed by atoms with E-state index in [9.17, 15) is 4.79 Å². The van der Waals surface area contributed by atoms with Gasteiger partial charge in [0.2, 0.25) is 5.95 Å². The van der Waals surface area contributed by atoms with Crippen LogP contribution in [0.25, 0.3) is 6.08 Å². The largest absolute Gasteiger partial charge is 0.291 e. The van der Waals surface area contributed by atoms with E-state index in [-0.39, 0.29) is 11.3 Å². The molecule has 0 bridgehead atoms. The molecule has 0 aliphatic heterocycles. The molecule has 2 aromatic rings. The third-order valence-electron chi connectivity index (χ3n) is 3.00. The molecule has 0 spiro atoms. The highest BCUT2D eigenvalue weighted by atomic mass is 16.1. The first-order chi connectivity index (χ1) is 9.95. The van der Waals surface area contributed by atoms with Crippen molar-refractivity contribution in [1.82, 2.24) is 9.97 Å². The number of aromatic nitrogens is 2. The number of nitrogens with zero attached hydrogens (tertiary/aromatic N) is 2. The Morgan fingerprint density at radius 1 is 1.10 bits per heavy atom. The quantitative estimate of drug-likeness (QED) is 0.877. The first-order valence-electron chi connectivity index (χ1n) is 6.82. The molecule has 0 aliphatic carbocycles. The van der Waals surface area contributed by atoms with Crippen molar-refractivity contribution in [1.29, 1.82) is 0 Å². The van der Waals surface area contributed by atoms with Crippen LogP contribution in [0, 0.1) is 0 Å². The van der Waals surface area contributed by atoms with Gasteiger partial charge in [-0.15, -0.1) is 0 Å². The Morgan fingerprint density at radius 2 is 1.71 bits per heavy atom. The maximum Gasteiger partial charge on any atom is 0.250 e. The zero-order valence-corrected chi connectivity index (χ0v) is 12.5. The number of carbonyl (C=O) groups is 1. The summed E-state index contributed by atoms with van der Waals surface area (Å²) in [7, 11) is 0. The molecule has 1 aromatic heterocycles. The molecule has 0 saturated carbocycles. The van der Waals surface area contributed by atoms with Crippen LogP contribution in [0.15, 0.2) is 48.8 Å². The van der Waals surface area contributed by atoms with E-state index in [4.69, 9.17) is 0 Å². The molecule has 0 aliphatic rings. The zero-order chi connectivity index (χ0) is 15.3. The number of benzene rings is 1. The minimum Gasteiger partial charge on any atom is -0.291 e. The van der Waals surface area contributed by atoms with E-state index in [2.05, 4.69) is 48.2 Å². The molecule has 0 unspecified atom stereocenters. The van der Waals surface area contributed by atoms with Crippen molar-refractivity contribution in [3.63, 3.8) is 0 Å². The number of hydrogen-bond acceptors (Lipinski definition) is 3. The van der Waals surface area contributed by atoms with Gasteiger partial charge in [0, 0.05) is 18.5 Å². The van der Waals surface area contributed by atoms with Gasteiger partial charge in [-0.25, -0.2) is 9.97 Å². The molecule has 108 valence electrons. The van der Waals surface area contributed by atoms with E-state index in [0.717, 1.165) is 5.56 Å². The Bertz CT molecular complexity index is 625. The Kier molecular flexibility index (Phi) is 4.48. The van der Waals surface area contributed by atoms with Crippen molar-refractivity contribution in [2.24, 2.45) is 0 Å². The van der Waals surface area contributed by atoms with Gasteiger partial charge < -0.3 is 0 Å². The van der Waals surface area contributed by atoms with Crippen LogP contribution in [0.2, 0.25) is 0 Å². The molecule has 2 rings (SSSR count).